The highest BCUT2D eigenvalue weighted by Gasteiger charge is 2.31. The Bertz CT molecular complexity index is 1470. The van der Waals surface area contributed by atoms with Gasteiger partial charge in [-0.1, -0.05) is 11.2 Å². The SMILES string of the molecule is Cc1noc2nc3c(c(C(=O)NC(C)(C)COc4cccc5c4C(N)=NS(=O)(=O)N5)c12)CCC3. The highest BCUT2D eigenvalue weighted by atomic mass is 32.2. The third-order valence-electron chi connectivity index (χ3n) is 5.83. The first-order valence-electron chi connectivity index (χ1n) is 10.8. The zero-order valence-electron chi connectivity index (χ0n) is 18.9. The summed E-state index contributed by atoms with van der Waals surface area (Å²) in [4.78, 5) is 18.0. The maximum atomic E-state index is 13.5. The summed E-state index contributed by atoms with van der Waals surface area (Å²) in [5.41, 5.74) is 9.07. The number of ether oxygens (including phenoxy) is 1. The van der Waals surface area contributed by atoms with Crippen LogP contribution in [0.5, 0.6) is 5.75 Å². The number of hydrogen-bond acceptors (Lipinski definition) is 8. The quantitative estimate of drug-likeness (QED) is 0.495. The number of rotatable bonds is 5. The lowest BCUT2D eigenvalue weighted by Gasteiger charge is -2.28. The van der Waals surface area contributed by atoms with Crippen molar-refractivity contribution < 1.29 is 22.5 Å². The first-order valence-corrected chi connectivity index (χ1v) is 12.2. The number of nitrogens with two attached hydrogens (primary N) is 1. The molecule has 2 aliphatic rings. The van der Waals surface area contributed by atoms with Gasteiger partial charge in [-0.25, -0.2) is 4.98 Å². The van der Waals surface area contributed by atoms with Crippen LogP contribution in [-0.2, 0) is 23.1 Å². The van der Waals surface area contributed by atoms with Crippen molar-refractivity contribution in [3.63, 3.8) is 0 Å². The van der Waals surface area contributed by atoms with Gasteiger partial charge in [-0.3, -0.25) is 9.52 Å². The molecule has 1 aliphatic heterocycles. The smallest absolute Gasteiger partial charge is 0.344 e. The van der Waals surface area contributed by atoms with Crippen molar-refractivity contribution in [2.45, 2.75) is 45.6 Å². The summed E-state index contributed by atoms with van der Waals surface area (Å²) < 4.78 is 40.8. The molecule has 34 heavy (non-hydrogen) atoms. The molecule has 0 bridgehead atoms. The van der Waals surface area contributed by atoms with Gasteiger partial charge in [0, 0.05) is 5.69 Å². The summed E-state index contributed by atoms with van der Waals surface area (Å²) in [6.07, 6.45) is 2.50. The van der Waals surface area contributed by atoms with Crippen molar-refractivity contribution in [1.29, 1.82) is 0 Å². The van der Waals surface area contributed by atoms with Gasteiger partial charge in [-0.05, 0) is 57.7 Å². The second kappa shape index (κ2) is 7.69. The van der Waals surface area contributed by atoms with Gasteiger partial charge < -0.3 is 20.3 Å². The van der Waals surface area contributed by atoms with Crippen LogP contribution in [0.2, 0.25) is 0 Å². The van der Waals surface area contributed by atoms with E-state index in [1.54, 1.807) is 25.1 Å². The number of anilines is 1. The van der Waals surface area contributed by atoms with E-state index in [4.69, 9.17) is 15.0 Å². The highest BCUT2D eigenvalue weighted by Crippen LogP contribution is 2.33. The van der Waals surface area contributed by atoms with E-state index in [0.29, 0.717) is 33.7 Å². The van der Waals surface area contributed by atoms with Crippen LogP contribution in [0.25, 0.3) is 11.1 Å². The number of carbonyl (C=O) groups is 1. The van der Waals surface area contributed by atoms with E-state index in [1.807, 2.05) is 13.8 Å². The minimum atomic E-state index is -3.89. The van der Waals surface area contributed by atoms with E-state index in [1.165, 1.54) is 0 Å². The van der Waals surface area contributed by atoms with Gasteiger partial charge in [-0.15, -0.1) is 4.40 Å². The lowest BCUT2D eigenvalue weighted by molar-refractivity contribution is 0.0881. The zero-order valence-corrected chi connectivity index (χ0v) is 19.7. The molecule has 2 aromatic heterocycles. The predicted octanol–water partition coefficient (Wildman–Crippen LogP) is 1.98. The van der Waals surface area contributed by atoms with Crippen LogP contribution in [0.15, 0.2) is 27.1 Å². The number of amidine groups is 1. The maximum absolute atomic E-state index is 13.5. The number of pyridine rings is 1. The minimum absolute atomic E-state index is 0.0915. The number of aromatic nitrogens is 2. The number of nitrogens with one attached hydrogen (secondary N) is 2. The van der Waals surface area contributed by atoms with Crippen LogP contribution in [0.4, 0.5) is 5.69 Å². The van der Waals surface area contributed by atoms with Crippen LogP contribution in [0.1, 0.15) is 53.1 Å². The molecule has 1 aromatic carbocycles. The fourth-order valence-electron chi connectivity index (χ4n) is 4.37. The highest BCUT2D eigenvalue weighted by molar-refractivity contribution is 7.91. The Morgan fingerprint density at radius 1 is 1.32 bits per heavy atom. The molecular formula is C22H24N6O5S. The van der Waals surface area contributed by atoms with Crippen molar-refractivity contribution in [2.24, 2.45) is 10.1 Å². The number of aryl methyl sites for hydroxylation is 2. The summed E-state index contributed by atoms with van der Waals surface area (Å²) in [6, 6.07) is 4.88. The molecule has 0 unspecified atom stereocenters. The first-order chi connectivity index (χ1) is 16.0. The molecule has 1 aliphatic carbocycles. The summed E-state index contributed by atoms with van der Waals surface area (Å²) in [6.45, 7) is 5.55. The lowest BCUT2D eigenvalue weighted by atomic mass is 9.99. The van der Waals surface area contributed by atoms with Gasteiger partial charge in [0.2, 0.25) is 0 Å². The molecule has 5 rings (SSSR count). The number of nitrogens with zero attached hydrogens (tertiary/aromatic N) is 3. The molecule has 11 nitrogen and oxygen atoms in total. The third-order valence-corrected chi connectivity index (χ3v) is 6.74. The van der Waals surface area contributed by atoms with Crippen LogP contribution >= 0.6 is 0 Å². The summed E-state index contributed by atoms with van der Waals surface area (Å²) in [5, 5.41) is 7.68. The molecule has 0 spiro atoms. The Hall–Kier alpha value is -3.67. The predicted molar refractivity (Wildman–Crippen MR) is 125 cm³/mol. The molecule has 0 atom stereocenters. The number of amides is 1. The second-order valence-corrected chi connectivity index (χ2v) is 10.4. The molecule has 0 saturated heterocycles. The minimum Gasteiger partial charge on any atom is -0.490 e. The maximum Gasteiger partial charge on any atom is 0.344 e. The Kier molecular flexibility index (Phi) is 5.01. The molecule has 3 aromatic rings. The average molecular weight is 485 g/mol. The topological polar surface area (TPSA) is 162 Å². The standard InChI is InChI=1S/C22H24N6O5S/c1-11-16-17(12-6-4-7-13(12)24-21(16)33-26-11)20(29)25-22(2,3)10-32-15-9-5-8-14-18(15)19(23)28-34(30,31)27-14/h5,8-9,27H,4,6-7,10H2,1-3H3,(H2,23,28)(H,25,29). The lowest BCUT2D eigenvalue weighted by Crippen LogP contribution is -2.48. The van der Waals surface area contributed by atoms with E-state index in [2.05, 4.69) is 24.6 Å². The molecule has 3 heterocycles. The number of hydrogen-bond donors (Lipinski definition) is 3. The van der Waals surface area contributed by atoms with Gasteiger partial charge in [0.05, 0.1) is 33.4 Å². The monoisotopic (exact) mass is 484 g/mol. The number of benzene rings is 1. The van der Waals surface area contributed by atoms with E-state index in [-0.39, 0.29) is 24.0 Å². The number of carbonyl (C=O) groups excluding carboxylic acids is 1. The fourth-order valence-corrected chi connectivity index (χ4v) is 5.21. The van der Waals surface area contributed by atoms with E-state index in [0.717, 1.165) is 30.5 Å². The first kappa shape index (κ1) is 22.1. The molecule has 1 amide bonds. The molecule has 0 fully saturated rings. The normalized spacial score (nSPS) is 16.4. The molecule has 12 heteroatoms. The van der Waals surface area contributed by atoms with Crippen molar-refractivity contribution >= 4 is 38.7 Å². The van der Waals surface area contributed by atoms with Gasteiger partial charge in [0.25, 0.3) is 11.6 Å². The molecular weight excluding hydrogens is 460 g/mol. The summed E-state index contributed by atoms with van der Waals surface area (Å²) >= 11 is 0. The van der Waals surface area contributed by atoms with E-state index >= 15 is 0 Å². The fraction of sp³-hybridized carbons (Fsp3) is 0.364. The largest absolute Gasteiger partial charge is 0.490 e. The van der Waals surface area contributed by atoms with Crippen molar-refractivity contribution in [3.8, 4) is 5.75 Å². The van der Waals surface area contributed by atoms with Crippen molar-refractivity contribution in [3.05, 3.63) is 46.3 Å². The van der Waals surface area contributed by atoms with Crippen LogP contribution in [0, 0.1) is 6.92 Å². The third kappa shape index (κ3) is 3.83. The summed E-state index contributed by atoms with van der Waals surface area (Å²) in [5.74, 6) is -0.0659. The van der Waals surface area contributed by atoms with Crippen LogP contribution in [0.3, 0.4) is 0 Å². The molecule has 0 radical (unpaired) electrons. The Labute approximate surface area is 195 Å². The van der Waals surface area contributed by atoms with Gasteiger partial charge in [-0.2, -0.15) is 8.42 Å². The van der Waals surface area contributed by atoms with Gasteiger partial charge in [0.1, 0.15) is 12.4 Å². The van der Waals surface area contributed by atoms with E-state index < -0.39 is 15.7 Å². The number of fused-ring (bicyclic) bond motifs is 3. The van der Waals surface area contributed by atoms with Crippen molar-refractivity contribution in [1.82, 2.24) is 15.5 Å². The van der Waals surface area contributed by atoms with Gasteiger partial charge in [0.15, 0.2) is 5.84 Å². The molecule has 0 saturated carbocycles. The molecule has 178 valence electrons. The van der Waals surface area contributed by atoms with E-state index in [9.17, 15) is 13.2 Å². The Morgan fingerprint density at radius 2 is 2.12 bits per heavy atom. The Balaban J connectivity index is 1.40. The van der Waals surface area contributed by atoms with Crippen LogP contribution < -0.4 is 20.5 Å². The second-order valence-electron chi connectivity index (χ2n) is 9.07. The van der Waals surface area contributed by atoms with Gasteiger partial charge >= 0.3 is 10.2 Å². The zero-order chi connectivity index (χ0) is 24.3. The Morgan fingerprint density at radius 3 is 2.91 bits per heavy atom. The van der Waals surface area contributed by atoms with Crippen molar-refractivity contribution in [2.75, 3.05) is 11.3 Å². The average Bonchev–Trinajstić information content (AvgIpc) is 3.35. The summed E-state index contributed by atoms with van der Waals surface area (Å²) in [7, 11) is -3.89. The van der Waals surface area contributed by atoms with Crippen LogP contribution in [-0.4, -0.2) is 42.4 Å². The molecule has 4 N–H and O–H groups in total.